The summed E-state index contributed by atoms with van der Waals surface area (Å²) < 4.78 is 5.30. The summed E-state index contributed by atoms with van der Waals surface area (Å²) in [7, 11) is 1.73. The second-order valence-corrected chi connectivity index (χ2v) is 5.44. The van der Waals surface area contributed by atoms with Gasteiger partial charge in [-0.1, -0.05) is 24.3 Å². The van der Waals surface area contributed by atoms with Gasteiger partial charge in [-0.3, -0.25) is 4.99 Å². The molecule has 1 fully saturated rings. The summed E-state index contributed by atoms with van der Waals surface area (Å²) in [5.74, 6) is 1.51. The molecule has 4 heteroatoms. The van der Waals surface area contributed by atoms with Gasteiger partial charge in [-0.05, 0) is 29.9 Å². The van der Waals surface area contributed by atoms with Crippen LogP contribution < -0.4 is 5.73 Å². The zero-order chi connectivity index (χ0) is 13.2. The van der Waals surface area contributed by atoms with E-state index < -0.39 is 0 Å². The van der Waals surface area contributed by atoms with Gasteiger partial charge in [-0.25, -0.2) is 0 Å². The lowest BCUT2D eigenvalue weighted by atomic mass is 10.00. The molecule has 0 spiro atoms. The maximum atomic E-state index is 6.05. The Balaban J connectivity index is 1.84. The second kappa shape index (κ2) is 5.21. The van der Waals surface area contributed by atoms with Crippen molar-refractivity contribution in [1.82, 2.24) is 4.90 Å². The van der Waals surface area contributed by atoms with Gasteiger partial charge in [0.25, 0.3) is 0 Å². The molecular formula is C15H21N3O. The van der Waals surface area contributed by atoms with Gasteiger partial charge in [0.15, 0.2) is 5.96 Å². The van der Waals surface area contributed by atoms with E-state index in [0.717, 1.165) is 19.0 Å². The highest BCUT2D eigenvalue weighted by Gasteiger charge is 2.33. The van der Waals surface area contributed by atoms with Crippen LogP contribution in [0.3, 0.4) is 0 Å². The minimum absolute atomic E-state index is 0.284. The number of hydrogen-bond donors (Lipinski definition) is 1. The third-order valence-electron chi connectivity index (χ3n) is 3.96. The molecule has 1 aromatic rings. The molecule has 0 amide bonds. The van der Waals surface area contributed by atoms with Crippen molar-refractivity contribution in [2.24, 2.45) is 16.6 Å². The first kappa shape index (κ1) is 12.5. The van der Waals surface area contributed by atoms with Gasteiger partial charge in [-0.2, -0.15) is 0 Å². The molecular weight excluding hydrogens is 238 g/mol. The van der Waals surface area contributed by atoms with E-state index in [1.165, 1.54) is 24.0 Å². The van der Waals surface area contributed by atoms with Crippen LogP contribution in [0.4, 0.5) is 0 Å². The van der Waals surface area contributed by atoms with E-state index in [9.17, 15) is 0 Å². The first-order valence-electron chi connectivity index (χ1n) is 6.93. The molecule has 3 rings (SSSR count). The standard InChI is InChI=1S/C15H21N3O/c1-19-10-12-4-2-3-5-13(12)14-8-17-15(16)18(14)9-11-6-7-11/h2-5,11,14H,6-10H2,1H3,(H2,16,17). The molecule has 1 aromatic carbocycles. The van der Waals surface area contributed by atoms with Gasteiger partial charge in [0.2, 0.25) is 0 Å². The molecule has 1 atom stereocenters. The topological polar surface area (TPSA) is 50.9 Å². The molecule has 19 heavy (non-hydrogen) atoms. The lowest BCUT2D eigenvalue weighted by molar-refractivity contribution is 0.182. The Morgan fingerprint density at radius 1 is 1.37 bits per heavy atom. The summed E-state index contributed by atoms with van der Waals surface area (Å²) in [6.45, 7) is 2.45. The molecule has 1 saturated carbocycles. The minimum Gasteiger partial charge on any atom is -0.380 e. The Hall–Kier alpha value is -1.55. The van der Waals surface area contributed by atoms with E-state index >= 15 is 0 Å². The van der Waals surface area contributed by atoms with E-state index in [-0.39, 0.29) is 6.04 Å². The Kier molecular flexibility index (Phi) is 3.42. The number of guanidine groups is 1. The van der Waals surface area contributed by atoms with Crippen LogP contribution in [-0.4, -0.2) is 31.1 Å². The molecule has 4 nitrogen and oxygen atoms in total. The average Bonchev–Trinajstić information content (AvgIpc) is 3.16. The van der Waals surface area contributed by atoms with Crippen molar-refractivity contribution in [3.05, 3.63) is 35.4 Å². The number of benzene rings is 1. The Morgan fingerprint density at radius 3 is 2.89 bits per heavy atom. The first-order chi connectivity index (χ1) is 9.29. The molecule has 102 valence electrons. The average molecular weight is 259 g/mol. The van der Waals surface area contributed by atoms with Gasteiger partial charge in [0.05, 0.1) is 19.2 Å². The maximum Gasteiger partial charge on any atom is 0.191 e. The predicted molar refractivity (Wildman–Crippen MR) is 75.8 cm³/mol. The summed E-state index contributed by atoms with van der Waals surface area (Å²) >= 11 is 0. The van der Waals surface area contributed by atoms with Crippen LogP contribution in [-0.2, 0) is 11.3 Å². The fourth-order valence-electron chi connectivity index (χ4n) is 2.74. The van der Waals surface area contributed by atoms with E-state index in [2.05, 4.69) is 34.2 Å². The lowest BCUT2D eigenvalue weighted by Gasteiger charge is -2.28. The van der Waals surface area contributed by atoms with Crippen LogP contribution in [0.2, 0.25) is 0 Å². The molecule has 0 saturated heterocycles. The Bertz CT molecular complexity index is 482. The highest BCUT2D eigenvalue weighted by Crippen LogP contribution is 2.35. The number of methoxy groups -OCH3 is 1. The Morgan fingerprint density at radius 2 is 2.16 bits per heavy atom. The van der Waals surface area contributed by atoms with Gasteiger partial charge < -0.3 is 15.4 Å². The number of nitrogens with two attached hydrogens (primary N) is 1. The molecule has 1 heterocycles. The normalized spacial score (nSPS) is 22.7. The van der Waals surface area contributed by atoms with Crippen molar-refractivity contribution in [3.63, 3.8) is 0 Å². The number of rotatable bonds is 5. The van der Waals surface area contributed by atoms with Crippen LogP contribution in [0, 0.1) is 5.92 Å². The summed E-state index contributed by atoms with van der Waals surface area (Å²) in [4.78, 5) is 6.71. The smallest absolute Gasteiger partial charge is 0.191 e. The van der Waals surface area contributed by atoms with Gasteiger partial charge >= 0.3 is 0 Å². The van der Waals surface area contributed by atoms with Gasteiger partial charge in [-0.15, -0.1) is 0 Å². The fourth-order valence-corrected chi connectivity index (χ4v) is 2.74. The van der Waals surface area contributed by atoms with E-state index in [0.29, 0.717) is 12.6 Å². The number of ether oxygens (including phenoxy) is 1. The monoisotopic (exact) mass is 259 g/mol. The molecule has 0 bridgehead atoms. The summed E-state index contributed by atoms with van der Waals surface area (Å²) in [5, 5.41) is 0. The molecule has 1 aliphatic carbocycles. The quantitative estimate of drug-likeness (QED) is 0.879. The van der Waals surface area contributed by atoms with Crippen molar-refractivity contribution in [3.8, 4) is 0 Å². The van der Waals surface area contributed by atoms with Crippen molar-refractivity contribution >= 4 is 5.96 Å². The van der Waals surface area contributed by atoms with Crippen molar-refractivity contribution in [2.75, 3.05) is 20.2 Å². The largest absolute Gasteiger partial charge is 0.380 e. The summed E-state index contributed by atoms with van der Waals surface area (Å²) in [6.07, 6.45) is 2.66. The highest BCUT2D eigenvalue weighted by atomic mass is 16.5. The predicted octanol–water partition coefficient (Wildman–Crippen LogP) is 1.91. The number of aliphatic imine (C=N–C) groups is 1. The fraction of sp³-hybridized carbons (Fsp3) is 0.533. The third kappa shape index (κ3) is 2.59. The SMILES string of the molecule is COCc1ccccc1C1CN=C(N)N1CC1CC1. The lowest BCUT2D eigenvalue weighted by Crippen LogP contribution is -2.37. The summed E-state index contributed by atoms with van der Waals surface area (Å²) in [5.41, 5.74) is 8.59. The zero-order valence-corrected chi connectivity index (χ0v) is 11.4. The second-order valence-electron chi connectivity index (χ2n) is 5.44. The van der Waals surface area contributed by atoms with Crippen LogP contribution in [0.1, 0.15) is 30.0 Å². The van der Waals surface area contributed by atoms with Crippen LogP contribution in [0.5, 0.6) is 0 Å². The third-order valence-corrected chi connectivity index (χ3v) is 3.96. The first-order valence-corrected chi connectivity index (χ1v) is 6.93. The number of nitrogens with zero attached hydrogens (tertiary/aromatic N) is 2. The maximum absolute atomic E-state index is 6.05. The molecule has 1 aliphatic heterocycles. The van der Waals surface area contributed by atoms with Crippen molar-refractivity contribution in [1.29, 1.82) is 0 Å². The molecule has 2 aliphatic rings. The van der Waals surface area contributed by atoms with Gasteiger partial charge in [0.1, 0.15) is 0 Å². The van der Waals surface area contributed by atoms with E-state index in [1.54, 1.807) is 7.11 Å². The highest BCUT2D eigenvalue weighted by molar-refractivity contribution is 5.80. The molecule has 2 N–H and O–H groups in total. The molecule has 0 radical (unpaired) electrons. The summed E-state index contributed by atoms with van der Waals surface area (Å²) in [6, 6.07) is 8.72. The van der Waals surface area contributed by atoms with Crippen molar-refractivity contribution in [2.45, 2.75) is 25.5 Å². The minimum atomic E-state index is 0.284. The molecule has 1 unspecified atom stereocenters. The van der Waals surface area contributed by atoms with Crippen molar-refractivity contribution < 1.29 is 4.74 Å². The van der Waals surface area contributed by atoms with E-state index in [4.69, 9.17) is 10.5 Å². The zero-order valence-electron chi connectivity index (χ0n) is 11.4. The van der Waals surface area contributed by atoms with Crippen LogP contribution in [0.15, 0.2) is 29.3 Å². The van der Waals surface area contributed by atoms with Gasteiger partial charge in [0, 0.05) is 13.7 Å². The van der Waals surface area contributed by atoms with Crippen LogP contribution >= 0.6 is 0 Å². The Labute approximate surface area is 114 Å². The van der Waals surface area contributed by atoms with E-state index in [1.807, 2.05) is 0 Å². The van der Waals surface area contributed by atoms with Crippen LogP contribution in [0.25, 0.3) is 0 Å². The molecule has 0 aromatic heterocycles. The number of hydrogen-bond acceptors (Lipinski definition) is 4.